The van der Waals surface area contributed by atoms with Crippen LogP contribution in [0.15, 0.2) is 66.1 Å². The van der Waals surface area contributed by atoms with Crippen molar-refractivity contribution in [3.8, 4) is 0 Å². The Labute approximate surface area is 154 Å². The molecule has 0 saturated carbocycles. The fourth-order valence-corrected chi connectivity index (χ4v) is 3.12. The zero-order chi connectivity index (χ0) is 19.1. The number of anilines is 1. The fraction of sp³-hybridized carbons (Fsp3) is 0.111. The number of nitro groups is 1. The smallest absolute Gasteiger partial charge is 0.283 e. The summed E-state index contributed by atoms with van der Waals surface area (Å²) in [6.07, 6.45) is 1.61. The van der Waals surface area contributed by atoms with Crippen LogP contribution >= 0.6 is 11.8 Å². The number of nitrogens with two attached hydrogens (primary N) is 1. The monoisotopic (exact) mass is 371 g/mol. The Morgan fingerprint density at radius 3 is 2.50 bits per heavy atom. The number of benzene rings is 2. The first-order chi connectivity index (χ1) is 12.4. The molecule has 2 amide bonds. The molecule has 134 valence electrons. The average molecular weight is 371 g/mol. The Bertz CT molecular complexity index is 840. The number of amides is 2. The van der Waals surface area contributed by atoms with Gasteiger partial charge in [0.2, 0.25) is 11.8 Å². The lowest BCUT2D eigenvalue weighted by Gasteiger charge is -2.21. The number of carbonyl (C=O) groups is 2. The summed E-state index contributed by atoms with van der Waals surface area (Å²) < 4.78 is 0. The second kappa shape index (κ2) is 8.82. The van der Waals surface area contributed by atoms with E-state index < -0.39 is 10.8 Å². The van der Waals surface area contributed by atoms with E-state index in [1.165, 1.54) is 12.1 Å². The minimum absolute atomic E-state index is 0.000504. The zero-order valence-electron chi connectivity index (χ0n) is 13.8. The minimum atomic E-state index is -0.748. The lowest BCUT2D eigenvalue weighted by Crippen LogP contribution is -2.32. The van der Waals surface area contributed by atoms with Crippen LogP contribution in [0.4, 0.5) is 11.4 Å². The van der Waals surface area contributed by atoms with E-state index in [1.54, 1.807) is 23.1 Å². The van der Waals surface area contributed by atoms with E-state index in [-0.39, 0.29) is 22.9 Å². The molecule has 2 N–H and O–H groups in total. The molecule has 0 unspecified atom stereocenters. The molecule has 0 aliphatic carbocycles. The number of carbonyl (C=O) groups excluding carboxylic acids is 2. The molecule has 0 fully saturated rings. The Morgan fingerprint density at radius 2 is 1.92 bits per heavy atom. The van der Waals surface area contributed by atoms with Crippen LogP contribution in [0.3, 0.4) is 0 Å². The molecule has 0 spiro atoms. The van der Waals surface area contributed by atoms with E-state index >= 15 is 0 Å². The van der Waals surface area contributed by atoms with Crippen molar-refractivity contribution in [1.29, 1.82) is 0 Å². The molecule has 8 heteroatoms. The largest absolute Gasteiger partial charge is 0.366 e. The maximum Gasteiger partial charge on any atom is 0.283 e. The van der Waals surface area contributed by atoms with Crippen molar-refractivity contribution in [3.05, 3.63) is 76.9 Å². The topological polar surface area (TPSA) is 107 Å². The van der Waals surface area contributed by atoms with Gasteiger partial charge in [0.05, 0.1) is 15.6 Å². The highest BCUT2D eigenvalue weighted by atomic mass is 32.2. The molecule has 0 saturated heterocycles. The molecule has 26 heavy (non-hydrogen) atoms. The standard InChI is InChI=1S/C18H17N3O4S/c1-2-10-20(14-6-4-3-5-7-14)17(22)12-26-16-9-8-13(18(19)23)11-15(16)21(24)25/h2-9,11H,1,10,12H2,(H2,19,23). The van der Waals surface area contributed by atoms with Crippen molar-refractivity contribution in [1.82, 2.24) is 0 Å². The minimum Gasteiger partial charge on any atom is -0.366 e. The third kappa shape index (κ3) is 4.70. The Hall–Kier alpha value is -3.13. The number of hydrogen-bond donors (Lipinski definition) is 1. The van der Waals surface area contributed by atoms with Gasteiger partial charge < -0.3 is 10.6 Å². The van der Waals surface area contributed by atoms with E-state index in [0.717, 1.165) is 23.5 Å². The first-order valence-electron chi connectivity index (χ1n) is 7.61. The van der Waals surface area contributed by atoms with Gasteiger partial charge in [-0.1, -0.05) is 24.3 Å². The van der Waals surface area contributed by atoms with Crippen molar-refractivity contribution in [2.75, 3.05) is 17.2 Å². The Balaban J connectivity index is 2.18. The summed E-state index contributed by atoms with van der Waals surface area (Å²) in [6, 6.07) is 13.0. The summed E-state index contributed by atoms with van der Waals surface area (Å²) in [6.45, 7) is 3.98. The second-order valence-electron chi connectivity index (χ2n) is 5.22. The van der Waals surface area contributed by atoms with E-state index in [4.69, 9.17) is 5.73 Å². The van der Waals surface area contributed by atoms with Gasteiger partial charge in [0, 0.05) is 23.9 Å². The van der Waals surface area contributed by atoms with Gasteiger partial charge in [0.15, 0.2) is 0 Å². The number of hydrogen-bond acceptors (Lipinski definition) is 5. The van der Waals surface area contributed by atoms with Crippen molar-refractivity contribution in [3.63, 3.8) is 0 Å². The van der Waals surface area contributed by atoms with E-state index in [2.05, 4.69) is 6.58 Å². The molecular formula is C18H17N3O4S. The normalized spacial score (nSPS) is 10.2. The van der Waals surface area contributed by atoms with Crippen molar-refractivity contribution >= 4 is 35.0 Å². The van der Waals surface area contributed by atoms with Crippen molar-refractivity contribution in [2.45, 2.75) is 4.90 Å². The van der Waals surface area contributed by atoms with Gasteiger partial charge >= 0.3 is 0 Å². The molecule has 2 aromatic carbocycles. The highest BCUT2D eigenvalue weighted by Gasteiger charge is 2.20. The van der Waals surface area contributed by atoms with Gasteiger partial charge in [0.25, 0.3) is 5.69 Å². The molecule has 0 atom stereocenters. The first kappa shape index (κ1) is 19.2. The van der Waals surface area contributed by atoms with Crippen LogP contribution < -0.4 is 10.6 Å². The van der Waals surface area contributed by atoms with E-state index in [0.29, 0.717) is 11.4 Å². The highest BCUT2D eigenvalue weighted by Crippen LogP contribution is 2.30. The maximum atomic E-state index is 12.6. The summed E-state index contributed by atoms with van der Waals surface area (Å²) in [5.41, 5.74) is 5.66. The summed E-state index contributed by atoms with van der Waals surface area (Å²) in [4.78, 5) is 36.2. The number of primary amides is 1. The summed E-state index contributed by atoms with van der Waals surface area (Å²) >= 11 is 1.03. The number of rotatable bonds is 8. The lowest BCUT2D eigenvalue weighted by atomic mass is 10.2. The third-order valence-corrected chi connectivity index (χ3v) is 4.52. The Morgan fingerprint density at radius 1 is 1.23 bits per heavy atom. The summed E-state index contributed by atoms with van der Waals surface area (Å²) in [5.74, 6) is -0.962. The summed E-state index contributed by atoms with van der Waals surface area (Å²) in [7, 11) is 0. The zero-order valence-corrected chi connectivity index (χ0v) is 14.6. The van der Waals surface area contributed by atoms with Crippen LogP contribution in [0.1, 0.15) is 10.4 Å². The fourth-order valence-electron chi connectivity index (χ4n) is 2.24. The molecule has 0 radical (unpaired) electrons. The molecule has 0 aliphatic heterocycles. The number of nitro benzene ring substituents is 1. The SMILES string of the molecule is C=CCN(C(=O)CSc1ccc(C(N)=O)cc1[N+](=O)[O-])c1ccccc1. The maximum absolute atomic E-state index is 12.6. The van der Waals surface area contributed by atoms with Gasteiger partial charge in [-0.25, -0.2) is 0 Å². The molecule has 0 heterocycles. The van der Waals surface area contributed by atoms with Crippen LogP contribution in [-0.4, -0.2) is 29.0 Å². The predicted molar refractivity (Wildman–Crippen MR) is 101 cm³/mol. The first-order valence-corrected chi connectivity index (χ1v) is 8.60. The quantitative estimate of drug-likeness (QED) is 0.332. The third-order valence-electron chi connectivity index (χ3n) is 3.47. The number of nitrogens with zero attached hydrogens (tertiary/aromatic N) is 2. The Kier molecular flexibility index (Phi) is 6.51. The highest BCUT2D eigenvalue weighted by molar-refractivity contribution is 8.00. The van der Waals surface area contributed by atoms with Gasteiger partial charge in [-0.05, 0) is 24.3 Å². The van der Waals surface area contributed by atoms with Crippen LogP contribution in [0.5, 0.6) is 0 Å². The summed E-state index contributed by atoms with van der Waals surface area (Å²) in [5, 5.41) is 11.2. The molecule has 0 aromatic heterocycles. The van der Waals surface area contributed by atoms with Gasteiger partial charge in [0.1, 0.15) is 0 Å². The van der Waals surface area contributed by atoms with E-state index in [1.807, 2.05) is 18.2 Å². The number of para-hydroxylation sites is 1. The van der Waals surface area contributed by atoms with Crippen LogP contribution in [0.2, 0.25) is 0 Å². The van der Waals surface area contributed by atoms with Gasteiger partial charge in [-0.2, -0.15) is 0 Å². The van der Waals surface area contributed by atoms with Gasteiger partial charge in [-0.3, -0.25) is 19.7 Å². The van der Waals surface area contributed by atoms with Crippen LogP contribution in [-0.2, 0) is 4.79 Å². The van der Waals surface area contributed by atoms with Crippen molar-refractivity contribution in [2.24, 2.45) is 5.73 Å². The lowest BCUT2D eigenvalue weighted by molar-refractivity contribution is -0.387. The molecule has 7 nitrogen and oxygen atoms in total. The van der Waals surface area contributed by atoms with Crippen LogP contribution in [0.25, 0.3) is 0 Å². The molecule has 0 bridgehead atoms. The molecule has 2 aromatic rings. The molecule has 2 rings (SSSR count). The second-order valence-corrected chi connectivity index (χ2v) is 6.24. The average Bonchev–Trinajstić information content (AvgIpc) is 2.64. The van der Waals surface area contributed by atoms with Crippen molar-refractivity contribution < 1.29 is 14.5 Å². The van der Waals surface area contributed by atoms with E-state index in [9.17, 15) is 19.7 Å². The van der Waals surface area contributed by atoms with Gasteiger partial charge in [-0.15, -0.1) is 18.3 Å². The molecule has 0 aliphatic rings. The molecular weight excluding hydrogens is 354 g/mol. The van der Waals surface area contributed by atoms with Crippen LogP contribution in [0, 0.1) is 10.1 Å². The number of thioether (sulfide) groups is 1. The predicted octanol–water partition coefficient (Wildman–Crippen LogP) is 3.01.